The Morgan fingerprint density at radius 3 is 2.91 bits per heavy atom. The minimum absolute atomic E-state index is 0.199. The summed E-state index contributed by atoms with van der Waals surface area (Å²) in [4.78, 5) is 16.3. The number of hydrogen-bond acceptors (Lipinski definition) is 6. The van der Waals surface area contributed by atoms with Crippen molar-refractivity contribution in [1.29, 1.82) is 0 Å². The largest absolute Gasteiger partial charge is 0.454 e. The minimum Gasteiger partial charge on any atom is -0.454 e. The molecule has 1 aliphatic heterocycles. The normalized spacial score (nSPS) is 12.2. The molecule has 0 unspecified atom stereocenters. The second-order valence-corrected chi connectivity index (χ2v) is 5.79. The molecule has 4 rings (SSSR count). The van der Waals surface area contributed by atoms with Crippen molar-refractivity contribution in [3.05, 3.63) is 42.5 Å². The highest BCUT2D eigenvalue weighted by Crippen LogP contribution is 2.34. The summed E-state index contributed by atoms with van der Waals surface area (Å²) >= 11 is 1.46. The van der Waals surface area contributed by atoms with Crippen LogP contribution in [0.3, 0.4) is 0 Å². The molecule has 7 nitrogen and oxygen atoms in total. The van der Waals surface area contributed by atoms with Crippen molar-refractivity contribution < 1.29 is 14.3 Å². The molecule has 0 radical (unpaired) electrons. The average molecular weight is 328 g/mol. The zero-order valence-corrected chi connectivity index (χ0v) is 12.6. The molecule has 1 aliphatic rings. The Balaban J connectivity index is 1.38. The summed E-state index contributed by atoms with van der Waals surface area (Å²) in [6.07, 6.45) is 0. The molecule has 2 aromatic carbocycles. The molecule has 1 aromatic heterocycles. The second-order valence-electron chi connectivity index (χ2n) is 4.76. The molecule has 3 aromatic rings. The molecule has 23 heavy (non-hydrogen) atoms. The van der Waals surface area contributed by atoms with Crippen LogP contribution in [0.4, 0.5) is 15.6 Å². The van der Waals surface area contributed by atoms with Crippen molar-refractivity contribution in [3.8, 4) is 11.5 Å². The number of carbonyl (C=O) groups is 1. The van der Waals surface area contributed by atoms with E-state index in [9.17, 15) is 4.79 Å². The Kier molecular flexibility index (Phi) is 3.35. The fourth-order valence-corrected chi connectivity index (χ4v) is 2.99. The maximum absolute atomic E-state index is 11.9. The highest BCUT2D eigenvalue weighted by molar-refractivity contribution is 7.22. The number of benzene rings is 2. The van der Waals surface area contributed by atoms with Crippen LogP contribution >= 0.6 is 11.3 Å². The molecule has 116 valence electrons. The summed E-state index contributed by atoms with van der Waals surface area (Å²) in [5, 5.41) is 3.32. The van der Waals surface area contributed by atoms with Crippen LogP contribution in [-0.2, 0) is 0 Å². The number of amides is 2. The van der Waals surface area contributed by atoms with Crippen LogP contribution in [0.1, 0.15) is 0 Å². The van der Waals surface area contributed by atoms with Crippen LogP contribution in [-0.4, -0.2) is 17.8 Å². The van der Waals surface area contributed by atoms with Gasteiger partial charge in [0, 0.05) is 11.8 Å². The van der Waals surface area contributed by atoms with Crippen molar-refractivity contribution in [2.24, 2.45) is 0 Å². The molecule has 0 aliphatic carbocycles. The van der Waals surface area contributed by atoms with Crippen LogP contribution in [0.5, 0.6) is 11.5 Å². The molecular formula is C15H12N4O3S. The van der Waals surface area contributed by atoms with E-state index in [2.05, 4.69) is 21.2 Å². The first-order valence-corrected chi connectivity index (χ1v) is 7.68. The zero-order valence-electron chi connectivity index (χ0n) is 11.8. The van der Waals surface area contributed by atoms with E-state index < -0.39 is 6.03 Å². The summed E-state index contributed by atoms with van der Waals surface area (Å²) < 4.78 is 11.5. The number of hydrazine groups is 1. The fourth-order valence-electron chi connectivity index (χ4n) is 2.17. The van der Waals surface area contributed by atoms with Gasteiger partial charge in [0.2, 0.25) is 11.9 Å². The first-order chi connectivity index (χ1) is 11.3. The van der Waals surface area contributed by atoms with Gasteiger partial charge in [0.1, 0.15) is 0 Å². The third kappa shape index (κ3) is 2.84. The molecule has 0 saturated heterocycles. The molecule has 2 heterocycles. The average Bonchev–Trinajstić information content (AvgIpc) is 3.18. The van der Waals surface area contributed by atoms with Gasteiger partial charge in [-0.15, -0.1) is 0 Å². The van der Waals surface area contributed by atoms with E-state index in [1.807, 2.05) is 24.3 Å². The van der Waals surface area contributed by atoms with E-state index in [1.54, 1.807) is 18.2 Å². The van der Waals surface area contributed by atoms with Crippen LogP contribution in [0.15, 0.2) is 42.5 Å². The van der Waals surface area contributed by atoms with E-state index in [4.69, 9.17) is 9.47 Å². The molecule has 0 saturated carbocycles. The molecule has 0 fully saturated rings. The van der Waals surface area contributed by atoms with Gasteiger partial charge in [-0.1, -0.05) is 23.5 Å². The quantitative estimate of drug-likeness (QED) is 0.643. The number of thiazole rings is 1. The van der Waals surface area contributed by atoms with Crippen molar-refractivity contribution in [1.82, 2.24) is 10.4 Å². The van der Waals surface area contributed by atoms with Crippen molar-refractivity contribution in [2.45, 2.75) is 0 Å². The standard InChI is InChI=1S/C15H12N4O3S/c20-14(16-9-5-6-11-12(7-9)22-8-21-11)18-19-15-17-10-3-1-2-4-13(10)23-15/h1-7H,8H2,(H,17,19)(H2,16,18,20). The van der Waals surface area contributed by atoms with Gasteiger partial charge >= 0.3 is 6.03 Å². The van der Waals surface area contributed by atoms with Gasteiger partial charge in [-0.25, -0.2) is 15.2 Å². The van der Waals surface area contributed by atoms with E-state index >= 15 is 0 Å². The Morgan fingerprint density at radius 2 is 2.00 bits per heavy atom. The first-order valence-electron chi connectivity index (χ1n) is 6.86. The lowest BCUT2D eigenvalue weighted by Crippen LogP contribution is -2.33. The summed E-state index contributed by atoms with van der Waals surface area (Å²) in [6, 6.07) is 12.6. The third-order valence-electron chi connectivity index (χ3n) is 3.21. The number of nitrogens with zero attached hydrogens (tertiary/aromatic N) is 1. The first kappa shape index (κ1) is 13.6. The highest BCUT2D eigenvalue weighted by Gasteiger charge is 2.14. The van der Waals surface area contributed by atoms with E-state index in [-0.39, 0.29) is 6.79 Å². The number of aromatic nitrogens is 1. The van der Waals surface area contributed by atoms with E-state index in [0.29, 0.717) is 22.3 Å². The fraction of sp³-hybridized carbons (Fsp3) is 0.0667. The monoisotopic (exact) mass is 328 g/mol. The number of rotatable bonds is 3. The molecule has 3 N–H and O–H groups in total. The van der Waals surface area contributed by atoms with Gasteiger partial charge in [-0.2, -0.15) is 0 Å². The van der Waals surface area contributed by atoms with Crippen LogP contribution in [0, 0.1) is 0 Å². The van der Waals surface area contributed by atoms with Gasteiger partial charge in [0.05, 0.1) is 10.2 Å². The van der Waals surface area contributed by atoms with Crippen molar-refractivity contribution in [2.75, 3.05) is 17.5 Å². The van der Waals surface area contributed by atoms with Crippen LogP contribution < -0.4 is 25.6 Å². The topological polar surface area (TPSA) is 84.5 Å². The number of hydrogen-bond donors (Lipinski definition) is 3. The van der Waals surface area contributed by atoms with Crippen LogP contribution in [0.2, 0.25) is 0 Å². The lowest BCUT2D eigenvalue weighted by atomic mass is 10.3. The smallest absolute Gasteiger partial charge is 0.337 e. The zero-order chi connectivity index (χ0) is 15.6. The van der Waals surface area contributed by atoms with Crippen molar-refractivity contribution >= 4 is 38.4 Å². The molecule has 0 spiro atoms. The maximum atomic E-state index is 11.9. The Hall–Kier alpha value is -3.00. The van der Waals surface area contributed by atoms with Gasteiger partial charge in [-0.3, -0.25) is 5.43 Å². The van der Waals surface area contributed by atoms with Gasteiger partial charge in [0.15, 0.2) is 11.5 Å². The number of fused-ring (bicyclic) bond motifs is 2. The summed E-state index contributed by atoms with van der Waals surface area (Å²) in [6.45, 7) is 0.199. The lowest BCUT2D eigenvalue weighted by molar-refractivity contribution is 0.174. The summed E-state index contributed by atoms with van der Waals surface area (Å²) in [5.74, 6) is 1.28. The molecule has 8 heteroatoms. The predicted molar refractivity (Wildman–Crippen MR) is 88.0 cm³/mol. The summed E-state index contributed by atoms with van der Waals surface area (Å²) in [5.41, 5.74) is 6.84. The molecule has 0 bridgehead atoms. The second kappa shape index (κ2) is 5.65. The number of nitrogens with one attached hydrogen (secondary N) is 3. The minimum atomic E-state index is -0.400. The molecular weight excluding hydrogens is 316 g/mol. The van der Waals surface area contributed by atoms with E-state index in [1.165, 1.54) is 11.3 Å². The maximum Gasteiger partial charge on any atom is 0.337 e. The predicted octanol–water partition coefficient (Wildman–Crippen LogP) is 3.17. The summed E-state index contributed by atoms with van der Waals surface area (Å²) in [7, 11) is 0. The number of para-hydroxylation sites is 1. The number of urea groups is 1. The third-order valence-corrected chi connectivity index (χ3v) is 4.16. The van der Waals surface area contributed by atoms with Gasteiger partial charge in [0.25, 0.3) is 0 Å². The molecule has 0 atom stereocenters. The highest BCUT2D eigenvalue weighted by atomic mass is 32.1. The Bertz CT molecular complexity index is 847. The number of carbonyl (C=O) groups excluding carboxylic acids is 1. The SMILES string of the molecule is O=C(NNc1nc2ccccc2s1)Nc1ccc2c(c1)OCO2. The van der Waals surface area contributed by atoms with Gasteiger partial charge in [-0.05, 0) is 24.3 Å². The van der Waals surface area contributed by atoms with Crippen LogP contribution in [0.25, 0.3) is 10.2 Å². The number of ether oxygens (including phenoxy) is 2. The van der Waals surface area contributed by atoms with Crippen molar-refractivity contribution in [3.63, 3.8) is 0 Å². The molecule has 2 amide bonds. The number of anilines is 2. The Labute approximate surface area is 135 Å². The van der Waals surface area contributed by atoms with E-state index in [0.717, 1.165) is 10.2 Å². The Morgan fingerprint density at radius 1 is 1.13 bits per heavy atom. The lowest BCUT2D eigenvalue weighted by Gasteiger charge is -2.08. The van der Waals surface area contributed by atoms with Gasteiger partial charge < -0.3 is 14.8 Å².